The molecule has 2 aromatic rings. The summed E-state index contributed by atoms with van der Waals surface area (Å²) < 4.78 is 7.50. The van der Waals surface area contributed by atoms with Crippen LogP contribution in [-0.4, -0.2) is 25.4 Å². The normalized spacial score (nSPS) is 14.7. The minimum atomic E-state index is -0.191. The molecule has 2 nitrogen and oxygen atoms in total. The molecule has 0 unspecified atom stereocenters. The summed E-state index contributed by atoms with van der Waals surface area (Å²) in [5, 5.41) is 9.72. The largest absolute Gasteiger partial charge is 0.396 e. The van der Waals surface area contributed by atoms with Crippen molar-refractivity contribution >= 4 is 31.9 Å². The summed E-state index contributed by atoms with van der Waals surface area (Å²) >= 11 is 7.18. The Kier molecular flexibility index (Phi) is 4.74. The predicted octanol–water partition coefficient (Wildman–Crippen LogP) is 4.90. The molecule has 0 bridgehead atoms. The molecule has 4 heteroatoms. The number of hydrogen-bond acceptors (Lipinski definition) is 2. The van der Waals surface area contributed by atoms with Gasteiger partial charge in [-0.15, -0.1) is 0 Å². The zero-order valence-corrected chi connectivity index (χ0v) is 15.6. The van der Waals surface area contributed by atoms with Gasteiger partial charge in [-0.05, 0) is 59.4 Å². The van der Waals surface area contributed by atoms with Crippen molar-refractivity contribution in [2.45, 2.75) is 18.3 Å². The number of aliphatic hydroxyl groups is 1. The first-order valence-electron chi connectivity index (χ1n) is 7.32. The lowest BCUT2D eigenvalue weighted by atomic mass is 9.73. The van der Waals surface area contributed by atoms with Gasteiger partial charge in [0.25, 0.3) is 0 Å². The highest BCUT2D eigenvalue weighted by molar-refractivity contribution is 9.10. The molecule has 1 aliphatic carbocycles. The van der Waals surface area contributed by atoms with Crippen LogP contribution in [-0.2, 0) is 10.2 Å². The highest BCUT2D eigenvalue weighted by Crippen LogP contribution is 2.53. The first-order chi connectivity index (χ1) is 10.6. The molecule has 0 saturated carbocycles. The lowest BCUT2D eigenvalue weighted by Crippen LogP contribution is -2.28. The van der Waals surface area contributed by atoms with E-state index >= 15 is 0 Å². The monoisotopic (exact) mass is 424 g/mol. The molecule has 0 spiro atoms. The second-order valence-corrected chi connectivity index (χ2v) is 7.51. The minimum Gasteiger partial charge on any atom is -0.396 e. The Morgan fingerprint density at radius 3 is 1.95 bits per heavy atom. The van der Waals surface area contributed by atoms with Gasteiger partial charge >= 0.3 is 0 Å². The third-order valence-corrected chi connectivity index (χ3v) is 5.54. The van der Waals surface area contributed by atoms with E-state index < -0.39 is 0 Å². The maximum absolute atomic E-state index is 9.72. The van der Waals surface area contributed by atoms with Gasteiger partial charge in [-0.3, -0.25) is 0 Å². The van der Waals surface area contributed by atoms with E-state index in [1.807, 2.05) is 0 Å². The number of benzene rings is 2. The Bertz CT molecular complexity index is 646. The topological polar surface area (TPSA) is 29.5 Å². The van der Waals surface area contributed by atoms with E-state index in [1.165, 1.54) is 22.3 Å². The maximum atomic E-state index is 9.72. The van der Waals surface area contributed by atoms with E-state index in [4.69, 9.17) is 4.74 Å². The minimum absolute atomic E-state index is 0.154. The Balaban J connectivity index is 2.27. The molecule has 1 N–H and O–H groups in total. The van der Waals surface area contributed by atoms with Crippen molar-refractivity contribution in [2.75, 3.05) is 20.3 Å². The van der Waals surface area contributed by atoms with Crippen LogP contribution in [0, 0.1) is 0 Å². The Labute approximate surface area is 147 Å². The van der Waals surface area contributed by atoms with Crippen molar-refractivity contribution < 1.29 is 9.84 Å². The number of fused-ring (bicyclic) bond motifs is 3. The number of methoxy groups -OCH3 is 1. The van der Waals surface area contributed by atoms with Crippen LogP contribution in [0.1, 0.15) is 24.0 Å². The average molecular weight is 426 g/mol. The van der Waals surface area contributed by atoms with Gasteiger partial charge in [0.1, 0.15) is 0 Å². The maximum Gasteiger partial charge on any atom is 0.0474 e. The molecular weight excluding hydrogens is 408 g/mol. The molecule has 0 saturated heterocycles. The van der Waals surface area contributed by atoms with Crippen molar-refractivity contribution in [3.63, 3.8) is 0 Å². The van der Waals surface area contributed by atoms with Crippen LogP contribution < -0.4 is 0 Å². The van der Waals surface area contributed by atoms with Crippen molar-refractivity contribution in [1.29, 1.82) is 0 Å². The standard InChI is InChI=1S/C18H18Br2O2/c1-22-9-7-18(6-8-21)16-10-12(19)2-4-14(16)15-5-3-13(20)11-17(15)18/h2-5,10-11,21H,6-9H2,1H3. The summed E-state index contributed by atoms with van der Waals surface area (Å²) in [6.45, 7) is 0.819. The fourth-order valence-electron chi connectivity index (χ4n) is 3.57. The van der Waals surface area contributed by atoms with Crippen LogP contribution in [0.4, 0.5) is 0 Å². The second-order valence-electron chi connectivity index (χ2n) is 5.68. The van der Waals surface area contributed by atoms with Gasteiger partial charge in [0.2, 0.25) is 0 Å². The summed E-state index contributed by atoms with van der Waals surface area (Å²) in [6.07, 6.45) is 1.56. The number of rotatable bonds is 5. The Morgan fingerprint density at radius 1 is 0.955 bits per heavy atom. The molecule has 116 valence electrons. The summed E-state index contributed by atoms with van der Waals surface area (Å²) in [5.74, 6) is 0. The van der Waals surface area contributed by atoms with E-state index in [0.29, 0.717) is 13.0 Å². The predicted molar refractivity (Wildman–Crippen MR) is 96.3 cm³/mol. The molecule has 0 aliphatic heterocycles. The summed E-state index contributed by atoms with van der Waals surface area (Å²) in [4.78, 5) is 0. The van der Waals surface area contributed by atoms with Gasteiger partial charge in [-0.25, -0.2) is 0 Å². The molecule has 0 aromatic heterocycles. The molecule has 0 amide bonds. The molecular formula is C18H18Br2O2. The molecule has 3 rings (SSSR count). The van der Waals surface area contributed by atoms with Crippen LogP contribution in [0.25, 0.3) is 11.1 Å². The first-order valence-corrected chi connectivity index (χ1v) is 8.91. The van der Waals surface area contributed by atoms with Crippen LogP contribution in [0.15, 0.2) is 45.3 Å². The van der Waals surface area contributed by atoms with Crippen LogP contribution in [0.5, 0.6) is 0 Å². The summed E-state index contributed by atoms with van der Waals surface area (Å²) in [6, 6.07) is 12.9. The van der Waals surface area contributed by atoms with Gasteiger partial charge in [-0.2, -0.15) is 0 Å². The lowest BCUT2D eigenvalue weighted by molar-refractivity contribution is 0.163. The number of halogens is 2. The second kappa shape index (κ2) is 6.44. The van der Waals surface area contributed by atoms with Crippen molar-refractivity contribution in [2.24, 2.45) is 0 Å². The summed E-state index contributed by atoms with van der Waals surface area (Å²) in [5.41, 5.74) is 4.89. The number of hydrogen-bond donors (Lipinski definition) is 1. The Hall–Kier alpha value is -0.680. The van der Waals surface area contributed by atoms with E-state index in [0.717, 1.165) is 15.4 Å². The lowest BCUT2D eigenvalue weighted by Gasteiger charge is -2.31. The summed E-state index contributed by atoms with van der Waals surface area (Å²) in [7, 11) is 1.73. The number of aliphatic hydroxyl groups excluding tert-OH is 1. The quantitative estimate of drug-likeness (QED) is 0.738. The molecule has 22 heavy (non-hydrogen) atoms. The molecule has 1 aliphatic rings. The van der Waals surface area contributed by atoms with E-state index in [1.54, 1.807) is 7.11 Å². The van der Waals surface area contributed by atoms with Crippen LogP contribution >= 0.6 is 31.9 Å². The Morgan fingerprint density at radius 2 is 1.50 bits per heavy atom. The van der Waals surface area contributed by atoms with Gasteiger partial charge in [-0.1, -0.05) is 44.0 Å². The van der Waals surface area contributed by atoms with E-state index in [9.17, 15) is 5.11 Å². The van der Waals surface area contributed by atoms with Gasteiger partial charge in [0, 0.05) is 34.7 Å². The van der Waals surface area contributed by atoms with Gasteiger partial charge in [0.05, 0.1) is 0 Å². The average Bonchev–Trinajstić information content (AvgIpc) is 2.76. The third kappa shape index (κ3) is 2.56. The molecule has 2 aromatic carbocycles. The molecule has 0 atom stereocenters. The highest BCUT2D eigenvalue weighted by atomic mass is 79.9. The van der Waals surface area contributed by atoms with Crippen LogP contribution in [0.3, 0.4) is 0 Å². The van der Waals surface area contributed by atoms with Crippen molar-refractivity contribution in [1.82, 2.24) is 0 Å². The van der Waals surface area contributed by atoms with Crippen LogP contribution in [0.2, 0.25) is 0 Å². The van der Waals surface area contributed by atoms with Gasteiger partial charge in [0.15, 0.2) is 0 Å². The van der Waals surface area contributed by atoms with Crippen molar-refractivity contribution in [3.05, 3.63) is 56.5 Å². The third-order valence-electron chi connectivity index (χ3n) is 4.56. The highest BCUT2D eigenvalue weighted by Gasteiger charge is 2.42. The van der Waals surface area contributed by atoms with E-state index in [-0.39, 0.29) is 12.0 Å². The SMILES string of the molecule is COCCC1(CCO)c2cc(Br)ccc2-c2ccc(Br)cc21. The van der Waals surface area contributed by atoms with Crippen molar-refractivity contribution in [3.8, 4) is 11.1 Å². The zero-order valence-electron chi connectivity index (χ0n) is 12.4. The smallest absolute Gasteiger partial charge is 0.0474 e. The number of ether oxygens (including phenoxy) is 1. The molecule has 0 fully saturated rings. The van der Waals surface area contributed by atoms with E-state index in [2.05, 4.69) is 68.3 Å². The molecule has 0 heterocycles. The molecule has 0 radical (unpaired) electrons. The zero-order chi connectivity index (χ0) is 15.7. The first kappa shape index (κ1) is 16.2. The van der Waals surface area contributed by atoms with Gasteiger partial charge < -0.3 is 9.84 Å². The fraction of sp³-hybridized carbons (Fsp3) is 0.333. The fourth-order valence-corrected chi connectivity index (χ4v) is 4.29.